The molecular formula is C12H13ClF3NO2. The van der Waals surface area contributed by atoms with Crippen LogP contribution in [0.15, 0.2) is 12.1 Å². The van der Waals surface area contributed by atoms with Gasteiger partial charge in [0.05, 0.1) is 24.7 Å². The van der Waals surface area contributed by atoms with Gasteiger partial charge in [-0.3, -0.25) is 0 Å². The van der Waals surface area contributed by atoms with E-state index in [1.54, 1.807) is 0 Å². The van der Waals surface area contributed by atoms with E-state index in [2.05, 4.69) is 0 Å². The molecule has 1 aromatic carbocycles. The number of ether oxygens (including phenoxy) is 2. The number of rotatable bonds is 2. The minimum Gasteiger partial charge on any atom is -0.489 e. The Morgan fingerprint density at radius 2 is 1.95 bits per heavy atom. The molecule has 2 N–H and O–H groups in total. The Kier molecular flexibility index (Phi) is 4.10. The van der Waals surface area contributed by atoms with E-state index in [1.165, 1.54) is 12.1 Å². The monoisotopic (exact) mass is 295 g/mol. The fourth-order valence-electron chi connectivity index (χ4n) is 1.83. The maximum Gasteiger partial charge on any atom is 0.390 e. The average molecular weight is 296 g/mol. The molecule has 0 radical (unpaired) electrons. The van der Waals surface area contributed by atoms with Gasteiger partial charge in [0.1, 0.15) is 0 Å². The normalized spacial score (nSPS) is 16.9. The SMILES string of the molecule is N[C@H](CC(F)(F)F)c1cc(Cl)c2c(c1)OCCCO2. The van der Waals surface area contributed by atoms with E-state index in [4.69, 9.17) is 26.8 Å². The first-order valence-corrected chi connectivity index (χ1v) is 6.16. The van der Waals surface area contributed by atoms with Gasteiger partial charge < -0.3 is 15.2 Å². The van der Waals surface area contributed by atoms with E-state index < -0.39 is 18.6 Å². The molecule has 0 amide bonds. The van der Waals surface area contributed by atoms with Crippen LogP contribution in [0.25, 0.3) is 0 Å². The molecule has 0 spiro atoms. The van der Waals surface area contributed by atoms with Gasteiger partial charge in [-0.05, 0) is 17.7 Å². The largest absolute Gasteiger partial charge is 0.489 e. The van der Waals surface area contributed by atoms with Gasteiger partial charge in [0.25, 0.3) is 0 Å². The van der Waals surface area contributed by atoms with Gasteiger partial charge in [0, 0.05) is 12.5 Å². The molecule has 3 nitrogen and oxygen atoms in total. The van der Waals surface area contributed by atoms with Gasteiger partial charge in [-0.25, -0.2) is 0 Å². The summed E-state index contributed by atoms with van der Waals surface area (Å²) in [5.41, 5.74) is 5.83. The number of benzene rings is 1. The third-order valence-electron chi connectivity index (χ3n) is 2.70. The second-order valence-corrected chi connectivity index (χ2v) is 4.71. The van der Waals surface area contributed by atoms with Crippen LogP contribution in [-0.4, -0.2) is 19.4 Å². The van der Waals surface area contributed by atoms with E-state index in [0.29, 0.717) is 31.1 Å². The van der Waals surface area contributed by atoms with Crippen molar-refractivity contribution in [1.82, 2.24) is 0 Å². The summed E-state index contributed by atoms with van der Waals surface area (Å²) in [5.74, 6) is 0.708. The smallest absolute Gasteiger partial charge is 0.390 e. The predicted molar refractivity (Wildman–Crippen MR) is 64.7 cm³/mol. The first-order chi connectivity index (χ1) is 8.87. The van der Waals surface area contributed by atoms with E-state index in [9.17, 15) is 13.2 Å². The van der Waals surface area contributed by atoms with Crippen molar-refractivity contribution in [3.05, 3.63) is 22.7 Å². The number of nitrogens with two attached hydrogens (primary N) is 1. The Morgan fingerprint density at radius 3 is 2.63 bits per heavy atom. The highest BCUT2D eigenvalue weighted by Gasteiger charge is 2.31. The third-order valence-corrected chi connectivity index (χ3v) is 2.98. The summed E-state index contributed by atoms with van der Waals surface area (Å²) < 4.78 is 47.8. The number of hydrogen-bond acceptors (Lipinski definition) is 3. The molecule has 0 aromatic heterocycles. The van der Waals surface area contributed by atoms with Crippen LogP contribution in [0, 0.1) is 0 Å². The summed E-state index contributed by atoms with van der Waals surface area (Å²) in [6, 6.07) is 1.68. The van der Waals surface area contributed by atoms with Gasteiger partial charge in [0.2, 0.25) is 0 Å². The molecular weight excluding hydrogens is 283 g/mol. The topological polar surface area (TPSA) is 44.5 Å². The van der Waals surface area contributed by atoms with Crippen LogP contribution in [0.5, 0.6) is 11.5 Å². The van der Waals surface area contributed by atoms with Gasteiger partial charge in [-0.15, -0.1) is 0 Å². The van der Waals surface area contributed by atoms with Crippen LogP contribution >= 0.6 is 11.6 Å². The quantitative estimate of drug-likeness (QED) is 0.909. The minimum atomic E-state index is -4.32. The molecule has 106 valence electrons. The Bertz CT molecular complexity index is 465. The molecule has 0 unspecified atom stereocenters. The van der Waals surface area contributed by atoms with Gasteiger partial charge in [-0.1, -0.05) is 11.6 Å². The zero-order valence-corrected chi connectivity index (χ0v) is 10.7. The summed E-state index contributed by atoms with van der Waals surface area (Å²) in [7, 11) is 0. The molecule has 0 saturated carbocycles. The third kappa shape index (κ3) is 3.67. The highest BCUT2D eigenvalue weighted by molar-refractivity contribution is 6.32. The predicted octanol–water partition coefficient (Wildman–Crippen LogP) is 3.45. The van der Waals surface area contributed by atoms with Crippen molar-refractivity contribution in [2.75, 3.05) is 13.2 Å². The van der Waals surface area contributed by atoms with Crippen molar-refractivity contribution in [2.24, 2.45) is 5.73 Å². The highest BCUT2D eigenvalue weighted by Crippen LogP contribution is 2.40. The Hall–Kier alpha value is -1.14. The number of halogens is 4. The van der Waals surface area contributed by atoms with E-state index in [0.717, 1.165) is 0 Å². The van der Waals surface area contributed by atoms with E-state index >= 15 is 0 Å². The fourth-order valence-corrected chi connectivity index (χ4v) is 2.11. The van der Waals surface area contributed by atoms with Gasteiger partial charge in [0.15, 0.2) is 11.5 Å². The Labute approximate surface area is 113 Å². The van der Waals surface area contributed by atoms with Crippen LogP contribution in [-0.2, 0) is 0 Å². The summed E-state index contributed by atoms with van der Waals surface area (Å²) >= 11 is 5.99. The van der Waals surface area contributed by atoms with Crippen molar-refractivity contribution in [2.45, 2.75) is 25.1 Å². The molecule has 19 heavy (non-hydrogen) atoms. The standard InChI is InChI=1S/C12H13ClF3NO2/c13-8-4-7(9(17)6-12(14,15)16)5-10-11(8)19-3-1-2-18-10/h4-5,9H,1-3,6,17H2/t9-/m1/s1. The van der Waals surface area contributed by atoms with Crippen molar-refractivity contribution in [3.8, 4) is 11.5 Å². The van der Waals surface area contributed by atoms with Crippen LogP contribution < -0.4 is 15.2 Å². The van der Waals surface area contributed by atoms with Gasteiger partial charge in [-0.2, -0.15) is 13.2 Å². The molecule has 1 aromatic rings. The van der Waals surface area contributed by atoms with E-state index in [1.807, 2.05) is 0 Å². The maximum atomic E-state index is 12.3. The first-order valence-electron chi connectivity index (χ1n) is 5.78. The first kappa shape index (κ1) is 14.3. The maximum absolute atomic E-state index is 12.3. The van der Waals surface area contributed by atoms with Crippen molar-refractivity contribution < 1.29 is 22.6 Å². The lowest BCUT2D eigenvalue weighted by molar-refractivity contribution is -0.138. The second-order valence-electron chi connectivity index (χ2n) is 4.31. The fraction of sp³-hybridized carbons (Fsp3) is 0.500. The van der Waals surface area contributed by atoms with Crippen LogP contribution in [0.1, 0.15) is 24.4 Å². The van der Waals surface area contributed by atoms with Crippen LogP contribution in [0.2, 0.25) is 5.02 Å². The lowest BCUT2D eigenvalue weighted by atomic mass is 10.0. The summed E-state index contributed by atoms with van der Waals surface area (Å²) in [4.78, 5) is 0. The molecule has 1 aliphatic heterocycles. The summed E-state index contributed by atoms with van der Waals surface area (Å²) in [6.45, 7) is 0.891. The van der Waals surface area contributed by atoms with E-state index in [-0.39, 0.29) is 10.6 Å². The molecule has 0 saturated heterocycles. The molecule has 1 aliphatic rings. The van der Waals surface area contributed by atoms with Gasteiger partial charge >= 0.3 is 6.18 Å². The lowest BCUT2D eigenvalue weighted by Gasteiger charge is -2.17. The van der Waals surface area contributed by atoms with Crippen molar-refractivity contribution in [1.29, 1.82) is 0 Å². The minimum absolute atomic E-state index is 0.215. The zero-order valence-electron chi connectivity index (χ0n) is 9.97. The molecule has 0 bridgehead atoms. The zero-order chi connectivity index (χ0) is 14.0. The molecule has 0 aliphatic carbocycles. The number of hydrogen-bond donors (Lipinski definition) is 1. The average Bonchev–Trinajstić information content (AvgIpc) is 2.51. The van der Waals surface area contributed by atoms with Crippen LogP contribution in [0.3, 0.4) is 0 Å². The molecule has 2 rings (SSSR count). The lowest BCUT2D eigenvalue weighted by Crippen LogP contribution is -2.20. The number of alkyl halides is 3. The molecule has 1 atom stereocenters. The Balaban J connectivity index is 2.28. The summed E-state index contributed by atoms with van der Waals surface area (Å²) in [6.07, 6.45) is -4.74. The molecule has 7 heteroatoms. The Morgan fingerprint density at radius 1 is 1.26 bits per heavy atom. The highest BCUT2D eigenvalue weighted by atomic mass is 35.5. The molecule has 0 fully saturated rings. The van der Waals surface area contributed by atoms with Crippen molar-refractivity contribution in [3.63, 3.8) is 0 Å². The second kappa shape index (κ2) is 5.46. The summed E-state index contributed by atoms with van der Waals surface area (Å²) in [5, 5.41) is 0.215. The van der Waals surface area contributed by atoms with Crippen LogP contribution in [0.4, 0.5) is 13.2 Å². The van der Waals surface area contributed by atoms with Crippen molar-refractivity contribution >= 4 is 11.6 Å². The molecule has 1 heterocycles. The number of fused-ring (bicyclic) bond motifs is 1.